The predicted octanol–water partition coefficient (Wildman–Crippen LogP) is 6.92. The highest BCUT2D eigenvalue weighted by molar-refractivity contribution is 7.98. The van der Waals surface area contributed by atoms with Gasteiger partial charge in [-0.3, -0.25) is 9.40 Å². The molecular weight excluding hydrogens is 534 g/mol. The van der Waals surface area contributed by atoms with Gasteiger partial charge in [-0.1, -0.05) is 40.9 Å². The van der Waals surface area contributed by atoms with Crippen molar-refractivity contribution in [3.8, 4) is 5.75 Å². The Labute approximate surface area is 221 Å². The predicted molar refractivity (Wildman–Crippen MR) is 139 cm³/mol. The minimum atomic E-state index is -0.517. The zero-order valence-corrected chi connectivity index (χ0v) is 21.8. The van der Waals surface area contributed by atoms with Crippen molar-refractivity contribution in [3.05, 3.63) is 80.3 Å². The Bertz CT molecular complexity index is 1280. The summed E-state index contributed by atoms with van der Waals surface area (Å²) >= 11 is 19.4. The van der Waals surface area contributed by atoms with Crippen LogP contribution in [0.4, 0.5) is 9.18 Å². The lowest BCUT2D eigenvalue weighted by molar-refractivity contribution is 0.246. The molecule has 3 aromatic rings. The van der Waals surface area contributed by atoms with E-state index in [1.165, 1.54) is 7.11 Å². The van der Waals surface area contributed by atoms with E-state index in [4.69, 9.17) is 39.5 Å². The largest absolute Gasteiger partial charge is 0.495 e. The molecule has 0 radical (unpaired) electrons. The number of amides is 2. The number of nitrogens with one attached hydrogen (secondary N) is 2. The van der Waals surface area contributed by atoms with E-state index in [0.29, 0.717) is 39.4 Å². The third-order valence-electron chi connectivity index (χ3n) is 5.52. The first-order valence-electron chi connectivity index (χ1n) is 10.8. The molecule has 4 rings (SSSR count). The highest BCUT2D eigenvalue weighted by Crippen LogP contribution is 2.34. The van der Waals surface area contributed by atoms with Crippen LogP contribution in [0.1, 0.15) is 29.7 Å². The number of rotatable bonds is 7. The Morgan fingerprint density at radius 1 is 1.17 bits per heavy atom. The Morgan fingerprint density at radius 2 is 2.00 bits per heavy atom. The van der Waals surface area contributed by atoms with E-state index in [2.05, 4.69) is 15.1 Å². The number of nitrogens with zero attached hydrogens (tertiary/aromatic N) is 2. The first-order valence-corrected chi connectivity index (χ1v) is 12.7. The number of halogens is 4. The van der Waals surface area contributed by atoms with Crippen LogP contribution in [0.5, 0.6) is 5.75 Å². The van der Waals surface area contributed by atoms with Crippen molar-refractivity contribution in [2.24, 2.45) is 0 Å². The highest BCUT2D eigenvalue weighted by Gasteiger charge is 2.24. The van der Waals surface area contributed by atoms with Crippen molar-refractivity contribution in [1.29, 1.82) is 0 Å². The Kier molecular flexibility index (Phi) is 8.49. The number of allylic oxidation sites excluding steroid dienone is 1. The lowest BCUT2D eigenvalue weighted by atomic mass is 9.92. The molecule has 1 aliphatic rings. The summed E-state index contributed by atoms with van der Waals surface area (Å²) < 4.78 is 24.8. The van der Waals surface area contributed by atoms with Gasteiger partial charge in [-0.2, -0.15) is 5.10 Å². The van der Waals surface area contributed by atoms with Gasteiger partial charge < -0.3 is 10.1 Å². The van der Waals surface area contributed by atoms with Gasteiger partial charge in [-0.05, 0) is 72.7 Å². The molecule has 35 heavy (non-hydrogen) atoms. The molecular formula is C24H22Cl3FN4O2S. The number of hydrogen-bond donors (Lipinski definition) is 2. The summed E-state index contributed by atoms with van der Waals surface area (Å²) in [6.07, 6.45) is 3.95. The van der Waals surface area contributed by atoms with Crippen LogP contribution in [0.2, 0.25) is 15.1 Å². The van der Waals surface area contributed by atoms with Gasteiger partial charge in [0.1, 0.15) is 11.6 Å². The van der Waals surface area contributed by atoms with Crippen LogP contribution in [0.15, 0.2) is 53.3 Å². The fourth-order valence-electron chi connectivity index (χ4n) is 3.84. The Hall–Kier alpha value is -2.39. The standard InChI is InChI=1S/C24H22Cl3FN4O2S/c1-34-22-10-17(7-8-19(22)26)35-31-24(33)29-12-21(28)18-4-2-3-14-11-30-32(23(14)18)13-15-5-6-16(25)9-20(15)27/h5-11H,2-4,12-13H2,1H3,(H2,29,31,33)/b21-18-. The molecule has 2 N–H and O–H groups in total. The van der Waals surface area contributed by atoms with Gasteiger partial charge in [-0.15, -0.1) is 0 Å². The van der Waals surface area contributed by atoms with Crippen molar-refractivity contribution in [2.75, 3.05) is 13.7 Å². The molecule has 0 saturated heterocycles. The molecule has 0 spiro atoms. The van der Waals surface area contributed by atoms with Crippen molar-refractivity contribution < 1.29 is 13.9 Å². The molecule has 1 aromatic heterocycles. The van der Waals surface area contributed by atoms with Gasteiger partial charge >= 0.3 is 6.03 Å². The molecule has 0 saturated carbocycles. The van der Waals surface area contributed by atoms with Gasteiger partial charge in [0.15, 0.2) is 0 Å². The van der Waals surface area contributed by atoms with E-state index < -0.39 is 11.9 Å². The lowest BCUT2D eigenvalue weighted by Crippen LogP contribution is -2.32. The molecule has 0 bridgehead atoms. The molecule has 1 heterocycles. The van der Waals surface area contributed by atoms with Crippen LogP contribution in [0.3, 0.4) is 0 Å². The van der Waals surface area contributed by atoms with Crippen molar-refractivity contribution in [3.63, 3.8) is 0 Å². The summed E-state index contributed by atoms with van der Waals surface area (Å²) in [5, 5.41) is 8.58. The number of carbonyl (C=O) groups is 1. The van der Waals surface area contributed by atoms with E-state index in [1.807, 2.05) is 6.07 Å². The number of hydrogen-bond acceptors (Lipinski definition) is 4. The summed E-state index contributed by atoms with van der Waals surface area (Å²) in [6, 6.07) is 9.87. The van der Waals surface area contributed by atoms with Crippen LogP contribution in [0.25, 0.3) is 5.57 Å². The second kappa shape index (κ2) is 11.6. The zero-order valence-electron chi connectivity index (χ0n) is 18.7. The smallest absolute Gasteiger partial charge is 0.325 e. The number of ether oxygens (including phenoxy) is 1. The van der Waals surface area contributed by atoms with Crippen LogP contribution in [-0.4, -0.2) is 29.5 Å². The third kappa shape index (κ3) is 6.25. The lowest BCUT2D eigenvalue weighted by Gasteiger charge is -2.19. The minimum Gasteiger partial charge on any atom is -0.495 e. The Morgan fingerprint density at radius 3 is 2.77 bits per heavy atom. The average molecular weight is 556 g/mol. The van der Waals surface area contributed by atoms with Crippen LogP contribution in [0, 0.1) is 0 Å². The topological polar surface area (TPSA) is 68.2 Å². The van der Waals surface area contributed by atoms with Crippen LogP contribution in [-0.2, 0) is 13.0 Å². The SMILES string of the molecule is COc1cc(SNC(=O)NC/C(F)=C2\CCCc3cnn(Cc4ccc(Cl)cc4Cl)c32)ccc1Cl. The van der Waals surface area contributed by atoms with Crippen LogP contribution < -0.4 is 14.8 Å². The van der Waals surface area contributed by atoms with E-state index in [0.717, 1.165) is 46.5 Å². The number of aromatic nitrogens is 2. The van der Waals surface area contributed by atoms with Crippen molar-refractivity contribution in [2.45, 2.75) is 30.7 Å². The van der Waals surface area contributed by atoms with Gasteiger partial charge in [-0.25, -0.2) is 9.18 Å². The van der Waals surface area contributed by atoms with Gasteiger partial charge in [0.05, 0.1) is 37.1 Å². The van der Waals surface area contributed by atoms with Gasteiger partial charge in [0.25, 0.3) is 0 Å². The minimum absolute atomic E-state index is 0.238. The number of carbonyl (C=O) groups excluding carboxylic acids is 1. The molecule has 0 aliphatic heterocycles. The fraction of sp³-hybridized carbons (Fsp3) is 0.250. The second-order valence-electron chi connectivity index (χ2n) is 7.83. The normalized spacial score (nSPS) is 14.3. The molecule has 0 atom stereocenters. The first kappa shape index (κ1) is 25.7. The van der Waals surface area contributed by atoms with Crippen LogP contribution >= 0.6 is 46.8 Å². The van der Waals surface area contributed by atoms with E-state index in [1.54, 1.807) is 41.2 Å². The number of urea groups is 1. The number of methoxy groups -OCH3 is 1. The molecule has 1 aliphatic carbocycles. The summed E-state index contributed by atoms with van der Waals surface area (Å²) in [5.74, 6) is 0.0995. The summed E-state index contributed by atoms with van der Waals surface area (Å²) in [5.41, 5.74) is 3.10. The summed E-state index contributed by atoms with van der Waals surface area (Å²) in [6.45, 7) is 0.148. The van der Waals surface area contributed by atoms with E-state index in [9.17, 15) is 4.79 Å². The quantitative estimate of drug-likeness (QED) is 0.310. The van der Waals surface area contributed by atoms with Gasteiger partial charge in [0.2, 0.25) is 0 Å². The molecule has 2 aromatic carbocycles. The zero-order chi connectivity index (χ0) is 24.9. The highest BCUT2D eigenvalue weighted by atomic mass is 35.5. The molecule has 0 unspecified atom stereocenters. The molecule has 6 nitrogen and oxygen atoms in total. The average Bonchev–Trinajstić information content (AvgIpc) is 3.26. The van der Waals surface area contributed by atoms with Crippen molar-refractivity contribution >= 4 is 58.4 Å². The fourth-order valence-corrected chi connectivity index (χ4v) is 5.08. The number of fused-ring (bicyclic) bond motifs is 1. The maximum atomic E-state index is 15.3. The monoisotopic (exact) mass is 554 g/mol. The molecule has 2 amide bonds. The van der Waals surface area contributed by atoms with E-state index >= 15 is 4.39 Å². The maximum Gasteiger partial charge on any atom is 0.325 e. The summed E-state index contributed by atoms with van der Waals surface area (Å²) in [7, 11) is 1.51. The maximum absolute atomic E-state index is 15.3. The summed E-state index contributed by atoms with van der Waals surface area (Å²) in [4.78, 5) is 13.0. The number of aryl methyl sites for hydroxylation is 1. The number of benzene rings is 2. The first-order chi connectivity index (χ1) is 16.9. The third-order valence-corrected chi connectivity index (χ3v) is 7.20. The molecule has 184 valence electrons. The Balaban J connectivity index is 1.43. The van der Waals surface area contributed by atoms with E-state index in [-0.39, 0.29) is 6.54 Å². The van der Waals surface area contributed by atoms with Crippen molar-refractivity contribution in [1.82, 2.24) is 19.8 Å². The van der Waals surface area contributed by atoms with Gasteiger partial charge in [0, 0.05) is 20.5 Å². The molecule has 11 heteroatoms. The second-order valence-corrected chi connectivity index (χ2v) is 9.96. The molecule has 0 fully saturated rings.